The molecule has 0 radical (unpaired) electrons. The van der Waals surface area contributed by atoms with Crippen LogP contribution in [0.1, 0.15) is 0 Å². The van der Waals surface area contributed by atoms with Crippen molar-refractivity contribution in [2.45, 2.75) is 0 Å². The minimum atomic E-state index is 0.642. The van der Waals surface area contributed by atoms with E-state index >= 15 is 0 Å². The predicted molar refractivity (Wildman–Crippen MR) is 201 cm³/mol. The highest BCUT2D eigenvalue weighted by atomic mass is 15.0. The Balaban J connectivity index is 1.20. The summed E-state index contributed by atoms with van der Waals surface area (Å²) in [5.41, 5.74) is 11.0. The molecule has 0 N–H and O–H groups in total. The number of hydrogen-bond acceptors (Lipinski definition) is 3. The largest absolute Gasteiger partial charge is 0.309 e. The summed E-state index contributed by atoms with van der Waals surface area (Å²) in [5.74, 6) is 1.95. The number of hydrogen-bond donors (Lipinski definition) is 0. The third kappa shape index (κ3) is 5.35. The van der Waals surface area contributed by atoms with Crippen LogP contribution < -0.4 is 0 Å². The first-order valence-corrected chi connectivity index (χ1v) is 16.5. The first-order valence-electron chi connectivity index (χ1n) is 16.5. The van der Waals surface area contributed by atoms with Crippen molar-refractivity contribution in [2.24, 2.45) is 0 Å². The summed E-state index contributed by atoms with van der Waals surface area (Å²) in [6.07, 6.45) is 0. The minimum Gasteiger partial charge on any atom is -0.309 e. The van der Waals surface area contributed by atoms with Gasteiger partial charge in [0.25, 0.3) is 0 Å². The van der Waals surface area contributed by atoms with Crippen molar-refractivity contribution in [1.29, 1.82) is 0 Å². The van der Waals surface area contributed by atoms with E-state index in [1.54, 1.807) is 0 Å². The fourth-order valence-electron chi connectivity index (χ4n) is 6.64. The minimum absolute atomic E-state index is 0.642. The smallest absolute Gasteiger partial charge is 0.164 e. The van der Waals surface area contributed by atoms with E-state index in [2.05, 4.69) is 126 Å². The van der Waals surface area contributed by atoms with Crippen LogP contribution in [0, 0.1) is 0 Å². The molecular formula is C45H30N4. The SMILES string of the molecule is c1ccc(-c2ccc3c(c2)c2cc(-c4cccc(-c5nc(-c6ccccc6)nc(-c6ccccc6)n5)c4)ccc2n3-c2ccccc2)cc1. The lowest BCUT2D eigenvalue weighted by atomic mass is 9.99. The van der Waals surface area contributed by atoms with Crippen molar-refractivity contribution < 1.29 is 0 Å². The van der Waals surface area contributed by atoms with Gasteiger partial charge >= 0.3 is 0 Å². The predicted octanol–water partition coefficient (Wildman–Crippen LogP) is 11.3. The van der Waals surface area contributed by atoms with Gasteiger partial charge in [0.1, 0.15) is 0 Å². The maximum atomic E-state index is 4.97. The van der Waals surface area contributed by atoms with Gasteiger partial charge in [0.05, 0.1) is 11.0 Å². The molecule has 0 spiro atoms. The Labute approximate surface area is 284 Å². The van der Waals surface area contributed by atoms with Gasteiger partial charge in [0, 0.05) is 33.2 Å². The second-order valence-corrected chi connectivity index (χ2v) is 12.1. The van der Waals surface area contributed by atoms with Crippen LogP contribution in [0.15, 0.2) is 182 Å². The lowest BCUT2D eigenvalue weighted by Gasteiger charge is -2.10. The van der Waals surface area contributed by atoms with E-state index in [1.807, 2.05) is 60.7 Å². The Morgan fingerprint density at radius 1 is 0.286 bits per heavy atom. The quantitative estimate of drug-likeness (QED) is 0.184. The maximum Gasteiger partial charge on any atom is 0.164 e. The zero-order valence-electron chi connectivity index (χ0n) is 26.6. The summed E-state index contributed by atoms with van der Waals surface area (Å²) in [4.78, 5) is 14.8. The van der Waals surface area contributed by atoms with Gasteiger partial charge < -0.3 is 4.57 Å². The van der Waals surface area contributed by atoms with E-state index in [4.69, 9.17) is 15.0 Å². The van der Waals surface area contributed by atoms with Crippen LogP contribution in [0.2, 0.25) is 0 Å². The lowest BCUT2D eigenvalue weighted by molar-refractivity contribution is 1.07. The molecule has 0 fully saturated rings. The molecule has 0 saturated carbocycles. The summed E-state index contributed by atoms with van der Waals surface area (Å²) >= 11 is 0. The normalized spacial score (nSPS) is 11.3. The summed E-state index contributed by atoms with van der Waals surface area (Å²) in [7, 11) is 0. The molecule has 0 aliphatic carbocycles. The van der Waals surface area contributed by atoms with E-state index in [1.165, 1.54) is 32.9 Å². The number of rotatable bonds is 6. The molecule has 49 heavy (non-hydrogen) atoms. The molecule has 0 amide bonds. The molecule has 0 aliphatic rings. The van der Waals surface area contributed by atoms with Crippen LogP contribution in [0.25, 0.3) is 83.9 Å². The number of nitrogens with zero attached hydrogens (tertiary/aromatic N) is 4. The molecule has 230 valence electrons. The van der Waals surface area contributed by atoms with Crippen molar-refractivity contribution in [3.63, 3.8) is 0 Å². The van der Waals surface area contributed by atoms with E-state index in [0.717, 1.165) is 33.5 Å². The van der Waals surface area contributed by atoms with E-state index in [9.17, 15) is 0 Å². The Morgan fingerprint density at radius 2 is 0.673 bits per heavy atom. The molecular weight excluding hydrogens is 597 g/mol. The van der Waals surface area contributed by atoms with Crippen molar-refractivity contribution >= 4 is 21.8 Å². The van der Waals surface area contributed by atoms with Gasteiger partial charge in [-0.25, -0.2) is 15.0 Å². The molecule has 4 nitrogen and oxygen atoms in total. The molecule has 0 bridgehead atoms. The third-order valence-corrected chi connectivity index (χ3v) is 9.04. The highest BCUT2D eigenvalue weighted by Crippen LogP contribution is 2.38. The van der Waals surface area contributed by atoms with Gasteiger partial charge in [-0.1, -0.05) is 140 Å². The molecule has 4 heteroatoms. The second-order valence-electron chi connectivity index (χ2n) is 12.1. The topological polar surface area (TPSA) is 43.6 Å². The molecule has 2 heterocycles. The highest BCUT2D eigenvalue weighted by Gasteiger charge is 2.16. The van der Waals surface area contributed by atoms with E-state index < -0.39 is 0 Å². The average Bonchev–Trinajstić information content (AvgIpc) is 3.52. The van der Waals surface area contributed by atoms with Crippen LogP contribution in [-0.2, 0) is 0 Å². The van der Waals surface area contributed by atoms with Crippen molar-refractivity contribution in [1.82, 2.24) is 19.5 Å². The zero-order chi connectivity index (χ0) is 32.6. The van der Waals surface area contributed by atoms with Crippen LogP contribution in [-0.4, -0.2) is 19.5 Å². The summed E-state index contributed by atoms with van der Waals surface area (Å²) in [6.45, 7) is 0. The van der Waals surface area contributed by atoms with Crippen molar-refractivity contribution in [3.05, 3.63) is 182 Å². The molecule has 9 aromatic rings. The highest BCUT2D eigenvalue weighted by molar-refractivity contribution is 6.11. The standard InChI is InChI=1S/C45H30N4/c1-5-14-31(15-6-1)35-24-26-41-39(29-35)40-30-36(25-27-42(40)49(41)38-22-11-4-12-23-38)34-20-13-21-37(28-34)45-47-43(32-16-7-2-8-17-32)46-44(48-45)33-18-9-3-10-19-33/h1-30H. The molecule has 0 unspecified atom stereocenters. The Morgan fingerprint density at radius 3 is 1.20 bits per heavy atom. The second kappa shape index (κ2) is 12.2. The molecule has 0 saturated heterocycles. The van der Waals surface area contributed by atoms with Gasteiger partial charge in [0.2, 0.25) is 0 Å². The van der Waals surface area contributed by atoms with Gasteiger partial charge in [0.15, 0.2) is 17.5 Å². The molecule has 0 atom stereocenters. The molecule has 9 rings (SSSR count). The number of benzene rings is 7. The van der Waals surface area contributed by atoms with Crippen LogP contribution in [0.5, 0.6) is 0 Å². The fraction of sp³-hybridized carbons (Fsp3) is 0. The fourth-order valence-corrected chi connectivity index (χ4v) is 6.64. The Hall–Kier alpha value is -6.65. The zero-order valence-corrected chi connectivity index (χ0v) is 26.6. The first kappa shape index (κ1) is 28.6. The average molecular weight is 627 g/mol. The van der Waals surface area contributed by atoms with Gasteiger partial charge in [-0.2, -0.15) is 0 Å². The lowest BCUT2D eigenvalue weighted by Crippen LogP contribution is -2.00. The van der Waals surface area contributed by atoms with Crippen LogP contribution in [0.3, 0.4) is 0 Å². The van der Waals surface area contributed by atoms with Crippen LogP contribution in [0.4, 0.5) is 0 Å². The Bertz CT molecular complexity index is 2520. The molecule has 0 aliphatic heterocycles. The van der Waals surface area contributed by atoms with Crippen LogP contribution >= 0.6 is 0 Å². The maximum absolute atomic E-state index is 4.97. The first-order chi connectivity index (χ1) is 24.3. The number of para-hydroxylation sites is 1. The monoisotopic (exact) mass is 626 g/mol. The third-order valence-electron chi connectivity index (χ3n) is 9.04. The van der Waals surface area contributed by atoms with Gasteiger partial charge in [-0.05, 0) is 64.7 Å². The molecule has 7 aromatic carbocycles. The van der Waals surface area contributed by atoms with Gasteiger partial charge in [-0.15, -0.1) is 0 Å². The van der Waals surface area contributed by atoms with Crippen molar-refractivity contribution in [3.8, 4) is 62.1 Å². The van der Waals surface area contributed by atoms with E-state index in [0.29, 0.717) is 17.5 Å². The van der Waals surface area contributed by atoms with Crippen molar-refractivity contribution in [2.75, 3.05) is 0 Å². The van der Waals surface area contributed by atoms with Gasteiger partial charge in [-0.3, -0.25) is 0 Å². The number of fused-ring (bicyclic) bond motifs is 3. The summed E-state index contributed by atoms with van der Waals surface area (Å²) in [6, 6.07) is 63.5. The Kier molecular flexibility index (Phi) is 7.10. The number of aromatic nitrogens is 4. The summed E-state index contributed by atoms with van der Waals surface area (Å²) in [5, 5.41) is 2.42. The molecule has 2 aromatic heterocycles. The van der Waals surface area contributed by atoms with E-state index in [-0.39, 0.29) is 0 Å². The summed E-state index contributed by atoms with van der Waals surface area (Å²) < 4.78 is 2.36.